The maximum Gasteiger partial charge on any atom is 0.293 e. The average molecular weight is 288 g/mol. The highest BCUT2D eigenvalue weighted by molar-refractivity contribution is 5.38. The molecule has 1 aromatic heterocycles. The fraction of sp³-hybridized carbons (Fsp3) is 0.375. The van der Waals surface area contributed by atoms with Crippen molar-refractivity contribution in [3.8, 4) is 5.88 Å². The van der Waals surface area contributed by atoms with Crippen LogP contribution in [0.15, 0.2) is 36.4 Å². The van der Waals surface area contributed by atoms with E-state index in [1.165, 1.54) is 0 Å². The van der Waals surface area contributed by atoms with Crippen LogP contribution in [0.2, 0.25) is 0 Å². The van der Waals surface area contributed by atoms with Gasteiger partial charge in [0.2, 0.25) is 5.88 Å². The van der Waals surface area contributed by atoms with Crippen LogP contribution in [-0.4, -0.2) is 28.9 Å². The molecule has 0 saturated carbocycles. The molecule has 5 nitrogen and oxygen atoms in total. The van der Waals surface area contributed by atoms with Crippen molar-refractivity contribution >= 4 is 6.47 Å². The van der Waals surface area contributed by atoms with E-state index < -0.39 is 0 Å². The van der Waals surface area contributed by atoms with Crippen molar-refractivity contribution in [2.75, 3.05) is 0 Å². The van der Waals surface area contributed by atoms with Gasteiger partial charge in [-0.25, -0.2) is 5.10 Å². The topological polar surface area (TPSA) is 64.2 Å². The van der Waals surface area contributed by atoms with Crippen molar-refractivity contribution in [1.82, 2.24) is 10.2 Å². The molecule has 21 heavy (non-hydrogen) atoms. The van der Waals surface area contributed by atoms with Crippen LogP contribution in [0.25, 0.3) is 0 Å². The molecule has 0 bridgehead atoms. The molecule has 1 atom stereocenters. The third kappa shape index (κ3) is 4.95. The van der Waals surface area contributed by atoms with Gasteiger partial charge in [0.05, 0.1) is 11.8 Å². The van der Waals surface area contributed by atoms with Gasteiger partial charge in [-0.05, 0) is 19.4 Å². The summed E-state index contributed by atoms with van der Waals surface area (Å²) in [6, 6.07) is 11.8. The second-order valence-corrected chi connectivity index (χ2v) is 5.14. The van der Waals surface area contributed by atoms with Crippen LogP contribution in [0.1, 0.15) is 25.1 Å². The lowest BCUT2D eigenvalue weighted by atomic mass is 10.0. The second-order valence-electron chi connectivity index (χ2n) is 5.14. The maximum absolute atomic E-state index is 10.7. The van der Waals surface area contributed by atoms with Crippen LogP contribution in [0.3, 0.4) is 0 Å². The minimum absolute atomic E-state index is 0.0876. The molecule has 1 heterocycles. The predicted molar refractivity (Wildman–Crippen MR) is 79.1 cm³/mol. The van der Waals surface area contributed by atoms with Gasteiger partial charge in [0.15, 0.2) is 0 Å². The van der Waals surface area contributed by atoms with Crippen molar-refractivity contribution in [2.24, 2.45) is 0 Å². The Kier molecular flexibility index (Phi) is 5.37. The number of H-pyrrole nitrogens is 1. The largest absolute Gasteiger partial charge is 0.475 e. The molecule has 0 aliphatic carbocycles. The van der Waals surface area contributed by atoms with Crippen LogP contribution in [0.4, 0.5) is 0 Å². The van der Waals surface area contributed by atoms with Gasteiger partial charge < -0.3 is 9.47 Å². The number of hydrogen-bond acceptors (Lipinski definition) is 4. The van der Waals surface area contributed by atoms with E-state index in [-0.39, 0.29) is 12.2 Å². The molecular weight excluding hydrogens is 268 g/mol. The first-order chi connectivity index (χ1) is 10.2. The molecule has 0 aliphatic heterocycles. The van der Waals surface area contributed by atoms with Crippen LogP contribution >= 0.6 is 0 Å². The molecule has 1 aromatic carbocycles. The van der Waals surface area contributed by atoms with Crippen LogP contribution in [0.5, 0.6) is 5.88 Å². The molecule has 0 spiro atoms. The van der Waals surface area contributed by atoms with Crippen molar-refractivity contribution in [3.05, 3.63) is 47.7 Å². The summed E-state index contributed by atoms with van der Waals surface area (Å²) >= 11 is 0. The number of aromatic nitrogens is 2. The van der Waals surface area contributed by atoms with E-state index in [4.69, 9.17) is 9.47 Å². The van der Waals surface area contributed by atoms with Gasteiger partial charge in [-0.2, -0.15) is 5.10 Å². The maximum atomic E-state index is 10.7. The predicted octanol–water partition coefficient (Wildman–Crippen LogP) is 2.52. The van der Waals surface area contributed by atoms with Gasteiger partial charge >= 0.3 is 0 Å². The van der Waals surface area contributed by atoms with E-state index in [9.17, 15) is 4.79 Å². The number of ether oxygens (including phenoxy) is 2. The number of aromatic amines is 1. The highest BCUT2D eigenvalue weighted by Gasteiger charge is 2.14. The van der Waals surface area contributed by atoms with Crippen LogP contribution in [0, 0.1) is 0 Å². The number of rotatable bonds is 8. The summed E-state index contributed by atoms with van der Waals surface area (Å²) in [5, 5.41) is 7.02. The Hall–Kier alpha value is -2.30. The molecular formula is C16H20N2O3. The number of nitrogens with zero attached hydrogens (tertiary/aromatic N) is 1. The normalized spacial score (nSPS) is 12.1. The summed E-state index contributed by atoms with van der Waals surface area (Å²) < 4.78 is 10.7. The third-order valence-corrected chi connectivity index (χ3v) is 2.96. The molecule has 0 aliphatic rings. The number of carbonyl (C=O) groups excluding carboxylic acids is 1. The SMILES string of the molecule is CC(C)Oc1cc(CC(Cc2ccccc2)OC=O)n[nH]1. The minimum Gasteiger partial charge on any atom is -0.475 e. The number of nitrogens with one attached hydrogen (secondary N) is 1. The fourth-order valence-electron chi connectivity index (χ4n) is 2.12. The van der Waals surface area contributed by atoms with Gasteiger partial charge in [-0.1, -0.05) is 30.3 Å². The minimum atomic E-state index is -0.236. The Balaban J connectivity index is 1.99. The number of carbonyl (C=O) groups is 1. The molecule has 0 radical (unpaired) electrons. The summed E-state index contributed by atoms with van der Waals surface area (Å²) in [4.78, 5) is 10.7. The van der Waals surface area contributed by atoms with Crippen molar-refractivity contribution in [2.45, 2.75) is 38.9 Å². The standard InChI is InChI=1S/C16H20N2O3/c1-12(2)21-16-10-14(17-18-16)9-15(20-11-19)8-13-6-4-3-5-7-13/h3-7,10-12,15H,8-9H2,1-2H3,(H,17,18). The highest BCUT2D eigenvalue weighted by Crippen LogP contribution is 2.15. The monoisotopic (exact) mass is 288 g/mol. The van der Waals surface area contributed by atoms with Crippen LogP contribution in [-0.2, 0) is 22.4 Å². The van der Waals surface area contributed by atoms with E-state index in [2.05, 4.69) is 10.2 Å². The quantitative estimate of drug-likeness (QED) is 0.758. The smallest absolute Gasteiger partial charge is 0.293 e. The summed E-state index contributed by atoms with van der Waals surface area (Å²) in [6.45, 7) is 4.40. The first-order valence-electron chi connectivity index (χ1n) is 7.01. The third-order valence-electron chi connectivity index (χ3n) is 2.96. The summed E-state index contributed by atoms with van der Waals surface area (Å²) in [6.07, 6.45) is 1.06. The first-order valence-corrected chi connectivity index (χ1v) is 7.01. The van der Waals surface area contributed by atoms with Gasteiger partial charge in [0.1, 0.15) is 6.10 Å². The zero-order chi connectivity index (χ0) is 15.1. The van der Waals surface area contributed by atoms with E-state index in [1.807, 2.05) is 50.2 Å². The summed E-state index contributed by atoms with van der Waals surface area (Å²) in [7, 11) is 0. The van der Waals surface area contributed by atoms with Crippen molar-refractivity contribution in [1.29, 1.82) is 0 Å². The lowest BCUT2D eigenvalue weighted by Crippen LogP contribution is -2.18. The molecule has 1 N–H and O–H groups in total. The zero-order valence-corrected chi connectivity index (χ0v) is 12.3. The molecule has 1 unspecified atom stereocenters. The fourth-order valence-corrected chi connectivity index (χ4v) is 2.12. The molecule has 0 fully saturated rings. The van der Waals surface area contributed by atoms with Crippen molar-refractivity contribution < 1.29 is 14.3 Å². The summed E-state index contributed by atoms with van der Waals surface area (Å²) in [5.74, 6) is 0.629. The molecule has 112 valence electrons. The molecule has 0 saturated heterocycles. The Bertz CT molecular complexity index is 552. The first kappa shape index (κ1) is 15.1. The molecule has 2 rings (SSSR count). The average Bonchev–Trinajstić information content (AvgIpc) is 2.86. The van der Waals surface area contributed by atoms with Gasteiger partial charge in [0, 0.05) is 18.9 Å². The number of benzene rings is 1. The Morgan fingerprint density at radius 3 is 2.67 bits per heavy atom. The van der Waals surface area contributed by atoms with E-state index in [1.54, 1.807) is 0 Å². The van der Waals surface area contributed by atoms with E-state index in [0.717, 1.165) is 11.3 Å². The Morgan fingerprint density at radius 1 is 1.24 bits per heavy atom. The van der Waals surface area contributed by atoms with Crippen LogP contribution < -0.4 is 4.74 Å². The van der Waals surface area contributed by atoms with Gasteiger partial charge in [0.25, 0.3) is 6.47 Å². The highest BCUT2D eigenvalue weighted by atomic mass is 16.5. The lowest BCUT2D eigenvalue weighted by Gasteiger charge is -2.13. The van der Waals surface area contributed by atoms with E-state index in [0.29, 0.717) is 25.2 Å². The number of hydrogen-bond donors (Lipinski definition) is 1. The van der Waals surface area contributed by atoms with Gasteiger partial charge in [-0.15, -0.1) is 0 Å². The zero-order valence-electron chi connectivity index (χ0n) is 12.3. The molecule has 5 heteroatoms. The van der Waals surface area contributed by atoms with E-state index >= 15 is 0 Å². The van der Waals surface area contributed by atoms with Crippen molar-refractivity contribution in [3.63, 3.8) is 0 Å². The second kappa shape index (κ2) is 7.47. The summed E-state index contributed by atoms with van der Waals surface area (Å²) in [5.41, 5.74) is 1.94. The molecule has 0 amide bonds. The van der Waals surface area contributed by atoms with Gasteiger partial charge in [-0.3, -0.25) is 4.79 Å². The molecule has 2 aromatic rings. The Labute approximate surface area is 124 Å². The lowest BCUT2D eigenvalue weighted by molar-refractivity contribution is -0.133. The Morgan fingerprint density at radius 2 is 2.00 bits per heavy atom.